The number of hydrogen-bond acceptors (Lipinski definition) is 3. The van der Waals surface area contributed by atoms with Crippen LogP contribution in [-0.2, 0) is 14.3 Å². The minimum Gasteiger partial charge on any atom is -0.386 e. The number of cyclic esters (lactones) is 2. The van der Waals surface area contributed by atoms with E-state index in [1.807, 2.05) is 68.4 Å². The highest BCUT2D eigenvalue weighted by Crippen LogP contribution is 2.36. The lowest BCUT2D eigenvalue weighted by molar-refractivity contribution is -0.149. The highest BCUT2D eigenvalue weighted by Gasteiger charge is 2.36. The van der Waals surface area contributed by atoms with Crippen LogP contribution in [0.5, 0.6) is 0 Å². The first-order valence-electron chi connectivity index (χ1n) is 7.79. The summed E-state index contributed by atoms with van der Waals surface area (Å²) in [6, 6.07) is 17.6. The molecule has 24 heavy (non-hydrogen) atoms. The third kappa shape index (κ3) is 3.35. The fourth-order valence-corrected chi connectivity index (χ4v) is 2.75. The summed E-state index contributed by atoms with van der Waals surface area (Å²) in [7, 11) is 0. The third-order valence-corrected chi connectivity index (χ3v) is 3.81. The molecule has 3 rings (SSSR count). The van der Waals surface area contributed by atoms with E-state index in [1.54, 1.807) is 12.2 Å². The number of rotatable bonds is 1. The summed E-state index contributed by atoms with van der Waals surface area (Å²) >= 11 is 0. The second-order valence-corrected chi connectivity index (χ2v) is 6.35. The zero-order valence-electron chi connectivity index (χ0n) is 13.7. The van der Waals surface area contributed by atoms with E-state index in [0.29, 0.717) is 11.1 Å². The fourth-order valence-electron chi connectivity index (χ4n) is 2.75. The van der Waals surface area contributed by atoms with Crippen molar-refractivity contribution in [3.63, 3.8) is 0 Å². The smallest absolute Gasteiger partial charge is 0.346 e. The second-order valence-electron chi connectivity index (χ2n) is 6.35. The third-order valence-electron chi connectivity index (χ3n) is 3.81. The Bertz CT molecular complexity index is 828. The van der Waals surface area contributed by atoms with Crippen molar-refractivity contribution in [2.24, 2.45) is 5.41 Å². The molecule has 0 radical (unpaired) electrons. The van der Waals surface area contributed by atoms with Crippen LogP contribution in [0.25, 0.3) is 5.57 Å². The lowest BCUT2D eigenvalue weighted by Gasteiger charge is -2.16. The Labute approximate surface area is 141 Å². The number of carbonyl (C=O) groups excluding carboxylic acids is 2. The van der Waals surface area contributed by atoms with Crippen LogP contribution in [-0.4, -0.2) is 11.9 Å². The molecule has 1 aliphatic heterocycles. The maximum absolute atomic E-state index is 12.0. The molecule has 2 aliphatic rings. The minimum absolute atomic E-state index is 0.322. The Hall–Kier alpha value is -2.94. The van der Waals surface area contributed by atoms with Crippen LogP contribution < -0.4 is 0 Å². The predicted octanol–water partition coefficient (Wildman–Crippen LogP) is 4.17. The van der Waals surface area contributed by atoms with E-state index in [9.17, 15) is 9.59 Å². The molecule has 0 amide bonds. The zero-order valence-corrected chi connectivity index (χ0v) is 13.7. The summed E-state index contributed by atoms with van der Waals surface area (Å²) in [5.41, 5.74) is 2.12. The van der Waals surface area contributed by atoms with Crippen LogP contribution in [0, 0.1) is 5.41 Å². The number of hydrogen-bond donors (Lipinski definition) is 0. The van der Waals surface area contributed by atoms with Gasteiger partial charge in [0.25, 0.3) is 0 Å². The Balaban J connectivity index is 2.18. The Morgan fingerprint density at radius 2 is 1.29 bits per heavy atom. The van der Waals surface area contributed by atoms with Crippen LogP contribution >= 0.6 is 0 Å². The lowest BCUT2D eigenvalue weighted by Crippen LogP contribution is -2.06. The highest BCUT2D eigenvalue weighted by atomic mass is 16.6. The van der Waals surface area contributed by atoms with Crippen LogP contribution in [0.3, 0.4) is 0 Å². The van der Waals surface area contributed by atoms with Crippen molar-refractivity contribution >= 4 is 17.5 Å². The molecule has 1 aromatic carbocycles. The van der Waals surface area contributed by atoms with Gasteiger partial charge in [-0.05, 0) is 17.2 Å². The second kappa shape index (κ2) is 6.28. The van der Waals surface area contributed by atoms with E-state index < -0.39 is 11.9 Å². The minimum atomic E-state index is -0.585. The standard InChI is InChI=1S/C21H18O3/c1-21(2)13-16(12-17-18(14-21)20(23)24-19(17)22)15-10-8-6-4-3-5-7-9-11-15/h3-14H,1-2H3. The predicted molar refractivity (Wildman–Crippen MR) is 93.1 cm³/mol. The van der Waals surface area contributed by atoms with E-state index in [0.717, 1.165) is 11.1 Å². The van der Waals surface area contributed by atoms with Gasteiger partial charge in [-0.2, -0.15) is 0 Å². The first-order valence-corrected chi connectivity index (χ1v) is 7.79. The van der Waals surface area contributed by atoms with Gasteiger partial charge in [-0.3, -0.25) is 0 Å². The van der Waals surface area contributed by atoms with Gasteiger partial charge < -0.3 is 4.74 Å². The van der Waals surface area contributed by atoms with Crippen molar-refractivity contribution in [3.05, 3.63) is 89.5 Å². The molecule has 0 atom stereocenters. The molecular formula is C21H18O3. The number of allylic oxidation sites excluding steroid dienone is 4. The van der Waals surface area contributed by atoms with Gasteiger partial charge in [-0.15, -0.1) is 0 Å². The van der Waals surface area contributed by atoms with Gasteiger partial charge in [0.05, 0.1) is 11.1 Å². The van der Waals surface area contributed by atoms with Gasteiger partial charge in [0.2, 0.25) is 0 Å². The maximum Gasteiger partial charge on any atom is 0.346 e. The van der Waals surface area contributed by atoms with Crippen LogP contribution in [0.4, 0.5) is 0 Å². The van der Waals surface area contributed by atoms with Crippen molar-refractivity contribution in [2.75, 3.05) is 0 Å². The molecule has 0 unspecified atom stereocenters. The van der Waals surface area contributed by atoms with Gasteiger partial charge in [0, 0.05) is 5.41 Å². The quantitative estimate of drug-likeness (QED) is 0.576. The summed E-state index contributed by atoms with van der Waals surface area (Å²) < 4.78 is 4.76. The van der Waals surface area contributed by atoms with Crippen LogP contribution in [0.1, 0.15) is 19.4 Å². The van der Waals surface area contributed by atoms with Crippen molar-refractivity contribution in [2.45, 2.75) is 13.8 Å². The Kier molecular flexibility index (Phi) is 4.17. The van der Waals surface area contributed by atoms with Crippen molar-refractivity contribution in [1.82, 2.24) is 0 Å². The molecule has 0 bridgehead atoms. The van der Waals surface area contributed by atoms with Crippen molar-refractivity contribution in [3.8, 4) is 0 Å². The maximum atomic E-state index is 12.0. The molecule has 0 saturated carbocycles. The Morgan fingerprint density at radius 1 is 0.750 bits per heavy atom. The molecule has 1 fully saturated rings. The van der Waals surface area contributed by atoms with E-state index in [-0.39, 0.29) is 5.41 Å². The monoisotopic (exact) mass is 318 g/mol. The fraction of sp³-hybridized carbons (Fsp3) is 0.143. The van der Waals surface area contributed by atoms with Gasteiger partial charge in [-0.1, -0.05) is 80.6 Å². The molecule has 1 heterocycles. The summed E-state index contributed by atoms with van der Waals surface area (Å²) in [4.78, 5) is 23.9. The molecular weight excluding hydrogens is 300 g/mol. The first-order chi connectivity index (χ1) is 11.5. The summed E-state index contributed by atoms with van der Waals surface area (Å²) in [5.74, 6) is -1.16. The average Bonchev–Trinajstić information content (AvgIpc) is 2.70. The lowest BCUT2D eigenvalue weighted by atomic mass is 9.88. The molecule has 0 N–H and O–H groups in total. The molecule has 1 saturated heterocycles. The molecule has 3 nitrogen and oxygen atoms in total. The van der Waals surface area contributed by atoms with Gasteiger partial charge in [0.15, 0.2) is 0 Å². The topological polar surface area (TPSA) is 43.4 Å². The Morgan fingerprint density at radius 3 is 1.92 bits per heavy atom. The largest absolute Gasteiger partial charge is 0.386 e. The van der Waals surface area contributed by atoms with Gasteiger partial charge in [0.1, 0.15) is 0 Å². The van der Waals surface area contributed by atoms with Crippen molar-refractivity contribution in [1.29, 1.82) is 0 Å². The molecule has 1 aliphatic carbocycles. The summed E-state index contributed by atoms with van der Waals surface area (Å²) in [6.07, 6.45) is 5.59. The molecule has 120 valence electrons. The number of carbonyl (C=O) groups is 2. The van der Waals surface area contributed by atoms with E-state index in [4.69, 9.17) is 4.74 Å². The van der Waals surface area contributed by atoms with Crippen LogP contribution in [0.2, 0.25) is 0 Å². The summed E-state index contributed by atoms with van der Waals surface area (Å²) in [5, 5.41) is 0. The number of esters is 2. The number of fused-ring (bicyclic) bond motifs is 1. The van der Waals surface area contributed by atoms with E-state index in [2.05, 4.69) is 6.08 Å². The normalized spacial score (nSPS) is 18.3. The average molecular weight is 318 g/mol. The van der Waals surface area contributed by atoms with E-state index >= 15 is 0 Å². The van der Waals surface area contributed by atoms with Gasteiger partial charge in [-0.25, -0.2) is 9.59 Å². The SMILES string of the molecule is CC1(C)C=C2C(=O)OC(=O)C2=CC(c2ccccccccc2)=C1. The van der Waals surface area contributed by atoms with Gasteiger partial charge >= 0.3 is 11.9 Å². The molecule has 1 aromatic rings. The van der Waals surface area contributed by atoms with Crippen molar-refractivity contribution < 1.29 is 14.3 Å². The number of ether oxygens (including phenoxy) is 1. The van der Waals surface area contributed by atoms with Crippen LogP contribution in [0.15, 0.2) is 84.0 Å². The first kappa shape index (κ1) is 15.9. The van der Waals surface area contributed by atoms with E-state index in [1.165, 1.54) is 0 Å². The molecule has 3 heteroatoms. The zero-order chi connectivity index (χ0) is 17.2. The molecule has 0 aromatic heterocycles. The summed E-state index contributed by atoms with van der Waals surface area (Å²) in [6.45, 7) is 3.99. The highest BCUT2D eigenvalue weighted by molar-refractivity contribution is 6.19. The molecule has 0 spiro atoms.